The summed E-state index contributed by atoms with van der Waals surface area (Å²) in [5.74, 6) is -0.335. The van der Waals surface area contributed by atoms with Gasteiger partial charge in [-0.15, -0.1) is 0 Å². The van der Waals surface area contributed by atoms with E-state index in [9.17, 15) is 9.36 Å². The minimum atomic E-state index is -2.31. The van der Waals surface area contributed by atoms with Crippen LogP contribution in [0.2, 0.25) is 0 Å². The molecule has 0 fully saturated rings. The number of carbonyl (C=O) groups excluding carboxylic acids is 1. The normalized spacial score (nSPS) is 10.7. The molecular weight excluding hydrogens is 189 g/mol. The molecule has 0 aliphatic heterocycles. The van der Waals surface area contributed by atoms with Crippen LogP contribution in [0.4, 0.5) is 0 Å². The van der Waals surface area contributed by atoms with E-state index in [1.807, 2.05) is 0 Å². The molecule has 0 aliphatic carbocycles. The van der Waals surface area contributed by atoms with E-state index in [-0.39, 0.29) is 12.2 Å². The number of hydrogen-bond donors (Lipinski definition) is 2. The Labute approximate surface area is 76.5 Å². The quantitative estimate of drug-likeness (QED) is 0.715. The van der Waals surface area contributed by atoms with Gasteiger partial charge in [0.15, 0.2) is 0 Å². The van der Waals surface area contributed by atoms with E-state index in [1.165, 1.54) is 0 Å². The highest BCUT2D eigenvalue weighted by molar-refractivity contribution is 7.37. The minimum absolute atomic E-state index is 0.205. The average molecular weight is 198 g/mol. The number of hydrogen-bond acceptors (Lipinski definition) is 2. The molecule has 5 heteroatoms. The van der Waals surface area contributed by atoms with Crippen LogP contribution in [0.15, 0.2) is 30.3 Å². The summed E-state index contributed by atoms with van der Waals surface area (Å²) in [6.07, 6.45) is -0.205. The monoisotopic (exact) mass is 198 g/mol. The average Bonchev–Trinajstić information content (AvgIpc) is 2.15. The maximum absolute atomic E-state index is 11.2. The van der Waals surface area contributed by atoms with Crippen molar-refractivity contribution >= 4 is 13.9 Å². The molecule has 0 spiro atoms. The third-order valence-corrected chi connectivity index (χ3v) is 1.84. The van der Waals surface area contributed by atoms with Gasteiger partial charge in [0.05, 0.1) is 0 Å². The summed E-state index contributed by atoms with van der Waals surface area (Å²) in [6.45, 7) is 0. The number of rotatable bonds is 3. The van der Waals surface area contributed by atoms with Crippen LogP contribution in [0, 0.1) is 0 Å². The summed E-state index contributed by atoms with van der Waals surface area (Å²) in [5, 5.41) is 2.33. The lowest BCUT2D eigenvalue weighted by Gasteiger charge is -1.97. The number of carbonyl (C=O) groups is 1. The van der Waals surface area contributed by atoms with Crippen molar-refractivity contribution in [3.8, 4) is 0 Å². The molecule has 1 rings (SSSR count). The van der Waals surface area contributed by atoms with E-state index >= 15 is 0 Å². The Morgan fingerprint density at radius 3 is 2.54 bits per heavy atom. The summed E-state index contributed by atoms with van der Waals surface area (Å²) < 4.78 is 10.3. The van der Waals surface area contributed by atoms with E-state index in [4.69, 9.17) is 4.89 Å². The Bertz CT molecular complexity index is 312. The van der Waals surface area contributed by atoms with Crippen molar-refractivity contribution < 1.29 is 14.3 Å². The third-order valence-electron chi connectivity index (χ3n) is 1.41. The van der Waals surface area contributed by atoms with Crippen molar-refractivity contribution in [2.75, 3.05) is 6.29 Å². The Kier molecular flexibility index (Phi) is 3.55. The van der Waals surface area contributed by atoms with Crippen LogP contribution in [0.5, 0.6) is 0 Å². The molecule has 4 nitrogen and oxygen atoms in total. The Morgan fingerprint density at radius 1 is 1.38 bits per heavy atom. The van der Waals surface area contributed by atoms with Crippen molar-refractivity contribution in [3.05, 3.63) is 35.9 Å². The molecule has 68 valence electrons. The van der Waals surface area contributed by atoms with E-state index in [2.05, 4.69) is 5.32 Å². The maximum atomic E-state index is 11.2. The van der Waals surface area contributed by atoms with Gasteiger partial charge in [-0.05, 0) is 16.7 Å². The molecule has 2 N–H and O–H groups in total. The summed E-state index contributed by atoms with van der Waals surface area (Å²) >= 11 is 0. The van der Waals surface area contributed by atoms with E-state index in [0.29, 0.717) is 5.56 Å². The van der Waals surface area contributed by atoms with Crippen molar-refractivity contribution in [3.63, 3.8) is 0 Å². The molecule has 0 heterocycles. The van der Waals surface area contributed by atoms with Crippen molar-refractivity contribution in [1.29, 1.82) is 0 Å². The topological polar surface area (TPSA) is 66.4 Å². The van der Waals surface area contributed by atoms with Crippen LogP contribution < -0.4 is 5.32 Å². The second-order valence-electron chi connectivity index (χ2n) is 2.38. The summed E-state index contributed by atoms with van der Waals surface area (Å²) in [7, 11) is -2.31. The lowest BCUT2D eigenvalue weighted by molar-refractivity contribution is 0.0959. The fourth-order valence-electron chi connectivity index (χ4n) is 0.831. The van der Waals surface area contributed by atoms with Gasteiger partial charge in [0.25, 0.3) is 12.2 Å². The first kappa shape index (κ1) is 9.84. The standard InChI is InChI=1S/C8H8NO3P/c10-8(9-6-13(11)12)7-4-2-1-3-5-7/h1-5H,6H2,(H-,9,10,11,12)/p+1. The van der Waals surface area contributed by atoms with Crippen LogP contribution in [0.1, 0.15) is 10.4 Å². The lowest BCUT2D eigenvalue weighted by atomic mass is 10.2. The van der Waals surface area contributed by atoms with Crippen LogP contribution >= 0.6 is 8.03 Å². The van der Waals surface area contributed by atoms with Crippen molar-refractivity contribution in [2.24, 2.45) is 0 Å². The highest BCUT2D eigenvalue weighted by Crippen LogP contribution is 2.09. The van der Waals surface area contributed by atoms with Crippen LogP contribution in [-0.2, 0) is 4.57 Å². The summed E-state index contributed by atoms with van der Waals surface area (Å²) in [5.41, 5.74) is 0.486. The largest absolute Gasteiger partial charge is 0.527 e. The third kappa shape index (κ3) is 3.32. The highest BCUT2D eigenvalue weighted by atomic mass is 31.1. The molecule has 0 bridgehead atoms. The van der Waals surface area contributed by atoms with Crippen molar-refractivity contribution in [1.82, 2.24) is 5.32 Å². The zero-order valence-corrected chi connectivity index (χ0v) is 7.70. The Hall–Kier alpha value is -1.25. The van der Waals surface area contributed by atoms with Gasteiger partial charge < -0.3 is 5.32 Å². The van der Waals surface area contributed by atoms with Gasteiger partial charge in [0, 0.05) is 5.56 Å². The summed E-state index contributed by atoms with van der Waals surface area (Å²) in [6, 6.07) is 8.53. The predicted octanol–water partition coefficient (Wildman–Crippen LogP) is 1.11. The maximum Gasteiger partial charge on any atom is 0.527 e. The molecule has 1 amide bonds. The zero-order chi connectivity index (χ0) is 9.68. The Balaban J connectivity index is 2.54. The first-order valence-electron chi connectivity index (χ1n) is 3.67. The summed E-state index contributed by atoms with van der Waals surface area (Å²) in [4.78, 5) is 19.6. The number of nitrogens with one attached hydrogen (secondary N) is 1. The predicted molar refractivity (Wildman–Crippen MR) is 48.6 cm³/mol. The zero-order valence-electron chi connectivity index (χ0n) is 6.80. The molecule has 1 atom stereocenters. The second-order valence-corrected chi connectivity index (χ2v) is 3.40. The van der Waals surface area contributed by atoms with Gasteiger partial charge in [0.2, 0.25) is 0 Å². The molecule has 1 unspecified atom stereocenters. The minimum Gasteiger partial charge on any atom is -0.309 e. The van der Waals surface area contributed by atoms with Gasteiger partial charge >= 0.3 is 8.03 Å². The molecule has 0 radical (unpaired) electrons. The molecule has 0 aliphatic rings. The smallest absolute Gasteiger partial charge is 0.309 e. The Morgan fingerprint density at radius 2 is 2.00 bits per heavy atom. The highest BCUT2D eigenvalue weighted by Gasteiger charge is 2.12. The molecule has 13 heavy (non-hydrogen) atoms. The number of amides is 1. The van der Waals surface area contributed by atoms with Gasteiger partial charge in [-0.25, -0.2) is 0 Å². The molecular formula is C8H9NO3P+. The fourth-order valence-corrected chi connectivity index (χ4v) is 1.11. The van der Waals surface area contributed by atoms with Crippen LogP contribution in [-0.4, -0.2) is 17.1 Å². The number of benzene rings is 1. The molecule has 0 saturated carbocycles. The van der Waals surface area contributed by atoms with E-state index in [1.54, 1.807) is 30.3 Å². The van der Waals surface area contributed by atoms with Gasteiger partial charge in [-0.3, -0.25) is 4.79 Å². The molecule has 1 aromatic carbocycles. The first-order chi connectivity index (χ1) is 6.20. The molecule has 0 saturated heterocycles. The fraction of sp³-hybridized carbons (Fsp3) is 0.125. The van der Waals surface area contributed by atoms with Gasteiger partial charge in [-0.2, -0.15) is 4.89 Å². The first-order valence-corrected chi connectivity index (χ1v) is 5.06. The SMILES string of the molecule is O=C(NC[P+](=O)O)c1ccccc1. The molecule has 0 aromatic heterocycles. The second kappa shape index (κ2) is 4.70. The van der Waals surface area contributed by atoms with Gasteiger partial charge in [0.1, 0.15) is 0 Å². The van der Waals surface area contributed by atoms with Crippen molar-refractivity contribution in [2.45, 2.75) is 0 Å². The van der Waals surface area contributed by atoms with E-state index < -0.39 is 8.03 Å². The van der Waals surface area contributed by atoms with Crippen LogP contribution in [0.3, 0.4) is 0 Å². The van der Waals surface area contributed by atoms with Crippen LogP contribution in [0.25, 0.3) is 0 Å². The van der Waals surface area contributed by atoms with E-state index in [0.717, 1.165) is 0 Å². The molecule has 1 aromatic rings. The van der Waals surface area contributed by atoms with Gasteiger partial charge in [-0.1, -0.05) is 18.2 Å². The lowest BCUT2D eigenvalue weighted by Crippen LogP contribution is -2.22.